The van der Waals surface area contributed by atoms with Crippen molar-refractivity contribution in [2.75, 3.05) is 12.0 Å². The third-order valence-electron chi connectivity index (χ3n) is 4.39. The van der Waals surface area contributed by atoms with Crippen LogP contribution in [0.1, 0.15) is 60.8 Å². The van der Waals surface area contributed by atoms with E-state index in [-0.39, 0.29) is 17.8 Å². The first-order valence-corrected chi connectivity index (χ1v) is 12.4. The number of nitrogens with one attached hydrogen (secondary N) is 2. The van der Waals surface area contributed by atoms with Gasteiger partial charge in [-0.15, -0.1) is 0 Å². The molecule has 0 aliphatic carbocycles. The fraction of sp³-hybridized carbons (Fsp3) is 0.900. The van der Waals surface area contributed by atoms with Crippen molar-refractivity contribution in [1.82, 2.24) is 10.6 Å². The second kappa shape index (κ2) is 12.5. The van der Waals surface area contributed by atoms with E-state index in [1.165, 1.54) is 0 Å². The first-order chi connectivity index (χ1) is 13.1. The minimum Gasteiger partial charge on any atom is -0.390 e. The summed E-state index contributed by atoms with van der Waals surface area (Å²) in [5.41, 5.74) is 5.93. The number of aliphatic hydroxyl groups excluding tert-OH is 1. The van der Waals surface area contributed by atoms with Gasteiger partial charge in [0, 0.05) is 6.26 Å². The van der Waals surface area contributed by atoms with Crippen LogP contribution in [0.5, 0.6) is 0 Å². The van der Waals surface area contributed by atoms with Crippen LogP contribution < -0.4 is 16.4 Å². The molecule has 5 N–H and O–H groups in total. The highest BCUT2D eigenvalue weighted by atomic mass is 32.2. The second-order valence-corrected chi connectivity index (χ2v) is 11.5. The number of nitrogens with two attached hydrogens (primary N) is 1. The van der Waals surface area contributed by atoms with Crippen LogP contribution in [0.25, 0.3) is 0 Å². The summed E-state index contributed by atoms with van der Waals surface area (Å²) in [5.74, 6) is -0.761. The Hall–Kier alpha value is -1.19. The zero-order valence-electron chi connectivity index (χ0n) is 18.9. The maximum absolute atomic E-state index is 12.9. The zero-order chi connectivity index (χ0) is 22.9. The molecule has 0 saturated carbocycles. The van der Waals surface area contributed by atoms with Crippen molar-refractivity contribution in [1.29, 1.82) is 0 Å². The molecule has 0 radical (unpaired) electrons. The quantitative estimate of drug-likeness (QED) is 0.338. The number of amides is 2. The molecular formula is C20H41N3O5S. The molecule has 172 valence electrons. The molecule has 0 fully saturated rings. The molecule has 0 aromatic carbocycles. The van der Waals surface area contributed by atoms with Gasteiger partial charge < -0.3 is 21.5 Å². The van der Waals surface area contributed by atoms with Crippen LogP contribution in [0.3, 0.4) is 0 Å². The van der Waals surface area contributed by atoms with Crippen LogP contribution in [0.15, 0.2) is 0 Å². The van der Waals surface area contributed by atoms with Gasteiger partial charge in [-0.3, -0.25) is 9.59 Å². The van der Waals surface area contributed by atoms with E-state index in [0.29, 0.717) is 19.3 Å². The highest BCUT2D eigenvalue weighted by molar-refractivity contribution is 7.90. The molecule has 0 unspecified atom stereocenters. The Morgan fingerprint density at radius 2 is 1.34 bits per heavy atom. The minimum absolute atomic E-state index is 0.132. The van der Waals surface area contributed by atoms with Gasteiger partial charge >= 0.3 is 0 Å². The molecule has 8 nitrogen and oxygen atoms in total. The molecule has 9 heteroatoms. The Bertz CT molecular complexity index is 620. The lowest BCUT2D eigenvalue weighted by molar-refractivity contribution is -0.131. The van der Waals surface area contributed by atoms with Gasteiger partial charge in [0.2, 0.25) is 11.8 Å². The summed E-state index contributed by atoms with van der Waals surface area (Å²) < 4.78 is 23.1. The van der Waals surface area contributed by atoms with Crippen LogP contribution in [0.2, 0.25) is 0 Å². The molecule has 4 atom stereocenters. The largest absolute Gasteiger partial charge is 0.390 e. The second-order valence-electron chi connectivity index (χ2n) is 9.33. The SMILES string of the molecule is CC(C)C[C@H](NC(=O)[C@@H](N)CC(C)C)C(=O)N[C@@H](CC(C)C)[C@@H](O)CS(C)(=O)=O. The summed E-state index contributed by atoms with van der Waals surface area (Å²) in [5, 5.41) is 15.8. The van der Waals surface area contributed by atoms with Crippen LogP contribution in [0.4, 0.5) is 0 Å². The summed E-state index contributed by atoms with van der Waals surface area (Å²) in [6, 6.07) is -2.24. The summed E-state index contributed by atoms with van der Waals surface area (Å²) in [6.07, 6.45) is 1.14. The summed E-state index contributed by atoms with van der Waals surface area (Å²) in [7, 11) is -3.41. The van der Waals surface area contributed by atoms with E-state index in [1.807, 2.05) is 41.5 Å². The fourth-order valence-electron chi connectivity index (χ4n) is 3.13. The molecule has 0 aromatic heterocycles. The van der Waals surface area contributed by atoms with Crippen LogP contribution in [0, 0.1) is 17.8 Å². The number of carbonyl (C=O) groups excluding carboxylic acids is 2. The lowest BCUT2D eigenvalue weighted by Crippen LogP contribution is -2.56. The molecule has 0 spiro atoms. The van der Waals surface area contributed by atoms with E-state index >= 15 is 0 Å². The molecule has 0 aliphatic rings. The van der Waals surface area contributed by atoms with Crippen LogP contribution >= 0.6 is 0 Å². The van der Waals surface area contributed by atoms with Crippen molar-refractivity contribution in [3.05, 3.63) is 0 Å². The van der Waals surface area contributed by atoms with Crippen LogP contribution in [-0.2, 0) is 19.4 Å². The highest BCUT2D eigenvalue weighted by Crippen LogP contribution is 2.13. The number of hydrogen-bond acceptors (Lipinski definition) is 6. The predicted octanol–water partition coefficient (Wildman–Crippen LogP) is 0.827. The van der Waals surface area contributed by atoms with Crippen LogP contribution in [-0.4, -0.2) is 61.6 Å². The number of aliphatic hydroxyl groups is 1. The third kappa shape index (κ3) is 12.9. The molecule has 0 bridgehead atoms. The van der Waals surface area contributed by atoms with Gasteiger partial charge in [-0.1, -0.05) is 41.5 Å². The normalized spacial score (nSPS) is 16.6. The molecule has 29 heavy (non-hydrogen) atoms. The maximum atomic E-state index is 12.9. The third-order valence-corrected chi connectivity index (χ3v) is 5.34. The zero-order valence-corrected chi connectivity index (χ0v) is 19.8. The summed E-state index contributed by atoms with van der Waals surface area (Å²) >= 11 is 0. The van der Waals surface area contributed by atoms with Gasteiger partial charge in [0.15, 0.2) is 0 Å². The predicted molar refractivity (Wildman–Crippen MR) is 116 cm³/mol. The van der Waals surface area contributed by atoms with Crippen molar-refractivity contribution in [3.8, 4) is 0 Å². The van der Waals surface area contributed by atoms with E-state index in [4.69, 9.17) is 5.73 Å². The van der Waals surface area contributed by atoms with E-state index in [2.05, 4.69) is 10.6 Å². The molecule has 0 rings (SSSR count). The van der Waals surface area contributed by atoms with E-state index in [0.717, 1.165) is 6.26 Å². The first kappa shape index (κ1) is 27.8. The molecule has 0 aliphatic heterocycles. The topological polar surface area (TPSA) is 139 Å². The lowest BCUT2D eigenvalue weighted by Gasteiger charge is -2.29. The van der Waals surface area contributed by atoms with Gasteiger partial charge in [-0.05, 0) is 37.0 Å². The van der Waals surface area contributed by atoms with Crippen molar-refractivity contribution in [2.45, 2.75) is 85.0 Å². The smallest absolute Gasteiger partial charge is 0.242 e. The summed E-state index contributed by atoms with van der Waals surface area (Å²) in [4.78, 5) is 25.3. The van der Waals surface area contributed by atoms with Gasteiger partial charge in [-0.2, -0.15) is 0 Å². The molecule has 0 aromatic rings. The first-order valence-electron chi connectivity index (χ1n) is 10.3. The van der Waals surface area contributed by atoms with E-state index < -0.39 is 51.6 Å². The van der Waals surface area contributed by atoms with Crippen molar-refractivity contribution >= 4 is 21.7 Å². The Labute approximate surface area is 176 Å². The molecule has 0 saturated heterocycles. The fourth-order valence-corrected chi connectivity index (χ4v) is 3.98. The Balaban J connectivity index is 5.33. The summed E-state index contributed by atoms with van der Waals surface area (Å²) in [6.45, 7) is 11.6. The Kier molecular flexibility index (Phi) is 12.0. The highest BCUT2D eigenvalue weighted by Gasteiger charge is 2.30. The maximum Gasteiger partial charge on any atom is 0.242 e. The monoisotopic (exact) mass is 435 g/mol. The number of rotatable bonds is 13. The molecule has 0 heterocycles. The lowest BCUT2D eigenvalue weighted by atomic mass is 9.97. The number of sulfone groups is 1. The van der Waals surface area contributed by atoms with Crippen molar-refractivity contribution < 1.29 is 23.1 Å². The van der Waals surface area contributed by atoms with Crippen molar-refractivity contribution in [2.24, 2.45) is 23.5 Å². The van der Waals surface area contributed by atoms with Gasteiger partial charge in [0.25, 0.3) is 0 Å². The van der Waals surface area contributed by atoms with E-state index in [1.54, 1.807) is 0 Å². The number of hydrogen-bond donors (Lipinski definition) is 4. The standard InChI is InChI=1S/C20H41N3O5S/c1-12(2)8-15(21)19(25)23-17(10-14(5)6)20(26)22-16(9-13(3)4)18(24)11-29(7,27)28/h12-18,24H,8-11,21H2,1-7H3,(H,22,26)(H,23,25)/t15-,16-,17-,18-/m0/s1. The molecule has 2 amide bonds. The average molecular weight is 436 g/mol. The van der Waals surface area contributed by atoms with Gasteiger partial charge in [0.1, 0.15) is 15.9 Å². The Morgan fingerprint density at radius 3 is 1.76 bits per heavy atom. The van der Waals surface area contributed by atoms with Gasteiger partial charge in [-0.25, -0.2) is 8.42 Å². The van der Waals surface area contributed by atoms with E-state index in [9.17, 15) is 23.1 Å². The van der Waals surface area contributed by atoms with Crippen molar-refractivity contribution in [3.63, 3.8) is 0 Å². The number of carbonyl (C=O) groups is 2. The minimum atomic E-state index is -3.41. The van der Waals surface area contributed by atoms with Gasteiger partial charge in [0.05, 0.1) is 23.9 Å². The average Bonchev–Trinajstić information content (AvgIpc) is 2.50. The molecular weight excluding hydrogens is 394 g/mol. The Morgan fingerprint density at radius 1 is 0.862 bits per heavy atom.